The SMILES string of the molecule is O=C(O)C1=CCCCC1S(=O)(=O)Nn1cccc1. The first kappa shape index (κ1) is 12.7. The van der Waals surface area contributed by atoms with Crippen molar-refractivity contribution in [2.75, 3.05) is 4.83 Å². The fourth-order valence-corrected chi connectivity index (χ4v) is 3.55. The van der Waals surface area contributed by atoms with E-state index < -0.39 is 21.2 Å². The van der Waals surface area contributed by atoms with Crippen molar-refractivity contribution in [2.45, 2.75) is 24.5 Å². The van der Waals surface area contributed by atoms with Crippen molar-refractivity contribution in [1.29, 1.82) is 0 Å². The highest BCUT2D eigenvalue weighted by Crippen LogP contribution is 2.24. The molecular weight excluding hydrogens is 256 g/mol. The van der Waals surface area contributed by atoms with E-state index in [1.807, 2.05) is 0 Å². The normalized spacial score (nSPS) is 20.2. The Labute approximate surface area is 105 Å². The zero-order valence-electron chi connectivity index (χ0n) is 9.61. The summed E-state index contributed by atoms with van der Waals surface area (Å²) in [5, 5.41) is 8.04. The standard InChI is InChI=1S/C11H14N2O4S/c14-11(15)9-5-1-2-6-10(9)18(16,17)12-13-7-3-4-8-13/h3-5,7-8,10,12H,1-2,6H2,(H,14,15). The molecule has 98 valence electrons. The zero-order chi connectivity index (χ0) is 13.2. The van der Waals surface area contributed by atoms with Gasteiger partial charge in [-0.15, -0.1) is 0 Å². The summed E-state index contributed by atoms with van der Waals surface area (Å²) in [5.41, 5.74) is -0.0408. The Hall–Kier alpha value is -1.76. The smallest absolute Gasteiger partial charge is 0.332 e. The number of carboxylic acid groups (broad SMARTS) is 1. The number of aliphatic carboxylic acids is 1. The topological polar surface area (TPSA) is 88.4 Å². The largest absolute Gasteiger partial charge is 0.478 e. The van der Waals surface area contributed by atoms with E-state index in [1.54, 1.807) is 24.5 Å². The fraction of sp³-hybridized carbons (Fsp3) is 0.364. The molecule has 1 aliphatic carbocycles. The van der Waals surface area contributed by atoms with Gasteiger partial charge < -0.3 is 5.11 Å². The van der Waals surface area contributed by atoms with Crippen LogP contribution in [0, 0.1) is 0 Å². The highest BCUT2D eigenvalue weighted by atomic mass is 32.2. The molecule has 1 atom stereocenters. The van der Waals surface area contributed by atoms with E-state index in [0.29, 0.717) is 19.3 Å². The molecule has 1 aliphatic rings. The predicted octanol–water partition coefficient (Wildman–Crippen LogP) is 0.925. The first-order valence-corrected chi connectivity index (χ1v) is 7.13. The number of sulfonamides is 1. The van der Waals surface area contributed by atoms with Crippen molar-refractivity contribution in [2.24, 2.45) is 0 Å². The third kappa shape index (κ3) is 2.56. The highest BCUT2D eigenvalue weighted by molar-refractivity contribution is 7.93. The van der Waals surface area contributed by atoms with Gasteiger partial charge in [-0.2, -0.15) is 0 Å². The average Bonchev–Trinajstić information content (AvgIpc) is 2.81. The lowest BCUT2D eigenvalue weighted by atomic mass is 9.99. The lowest BCUT2D eigenvalue weighted by molar-refractivity contribution is -0.132. The molecule has 2 rings (SSSR count). The molecule has 0 aromatic carbocycles. The van der Waals surface area contributed by atoms with Gasteiger partial charge in [-0.05, 0) is 31.4 Å². The van der Waals surface area contributed by atoms with Gasteiger partial charge in [0.15, 0.2) is 0 Å². The van der Waals surface area contributed by atoms with Gasteiger partial charge in [-0.1, -0.05) is 6.08 Å². The maximum absolute atomic E-state index is 12.1. The molecule has 0 saturated heterocycles. The second kappa shape index (κ2) is 4.85. The maximum Gasteiger partial charge on any atom is 0.332 e. The van der Waals surface area contributed by atoms with Crippen LogP contribution >= 0.6 is 0 Å². The molecule has 0 fully saturated rings. The van der Waals surface area contributed by atoms with Crippen LogP contribution in [-0.2, 0) is 14.8 Å². The molecule has 0 spiro atoms. The summed E-state index contributed by atoms with van der Waals surface area (Å²) in [7, 11) is -3.74. The van der Waals surface area contributed by atoms with Crippen molar-refractivity contribution in [3.05, 3.63) is 36.2 Å². The van der Waals surface area contributed by atoms with E-state index in [-0.39, 0.29) is 5.57 Å². The molecule has 2 N–H and O–H groups in total. The van der Waals surface area contributed by atoms with E-state index in [9.17, 15) is 13.2 Å². The summed E-state index contributed by atoms with van der Waals surface area (Å²) in [6.45, 7) is 0. The third-order valence-electron chi connectivity index (χ3n) is 2.84. The molecule has 1 aromatic heterocycles. The number of nitrogens with zero attached hydrogens (tertiary/aromatic N) is 1. The first-order chi connectivity index (χ1) is 8.50. The minimum Gasteiger partial charge on any atom is -0.478 e. The van der Waals surface area contributed by atoms with Crippen LogP contribution in [0.15, 0.2) is 36.2 Å². The average molecular weight is 270 g/mol. The van der Waals surface area contributed by atoms with Crippen molar-refractivity contribution in [1.82, 2.24) is 4.68 Å². The monoisotopic (exact) mass is 270 g/mol. The molecule has 0 aliphatic heterocycles. The van der Waals surface area contributed by atoms with E-state index in [4.69, 9.17) is 5.11 Å². The highest BCUT2D eigenvalue weighted by Gasteiger charge is 2.34. The molecule has 1 unspecified atom stereocenters. The van der Waals surface area contributed by atoms with Gasteiger partial charge in [0.2, 0.25) is 0 Å². The van der Waals surface area contributed by atoms with Gasteiger partial charge in [0, 0.05) is 12.4 Å². The molecule has 7 heteroatoms. The summed E-state index contributed by atoms with van der Waals surface area (Å²) in [6.07, 6.45) is 6.19. The van der Waals surface area contributed by atoms with E-state index in [0.717, 1.165) is 0 Å². The Morgan fingerprint density at radius 1 is 1.39 bits per heavy atom. The molecule has 1 heterocycles. The number of nitrogens with one attached hydrogen (secondary N) is 1. The minimum atomic E-state index is -3.74. The summed E-state index contributed by atoms with van der Waals surface area (Å²) in [4.78, 5) is 13.4. The maximum atomic E-state index is 12.1. The van der Waals surface area contributed by atoms with Crippen LogP contribution in [0.5, 0.6) is 0 Å². The Morgan fingerprint density at radius 3 is 2.67 bits per heavy atom. The molecule has 0 saturated carbocycles. The van der Waals surface area contributed by atoms with Crippen LogP contribution in [0.4, 0.5) is 0 Å². The molecule has 0 amide bonds. The van der Waals surface area contributed by atoms with Gasteiger partial charge in [0.05, 0.1) is 5.57 Å². The van der Waals surface area contributed by atoms with Crippen LogP contribution in [0.1, 0.15) is 19.3 Å². The Morgan fingerprint density at radius 2 is 2.06 bits per heavy atom. The molecule has 0 bridgehead atoms. The van der Waals surface area contributed by atoms with Crippen LogP contribution in [-0.4, -0.2) is 29.4 Å². The number of hydrogen-bond acceptors (Lipinski definition) is 3. The fourth-order valence-electron chi connectivity index (χ4n) is 2.00. The lowest BCUT2D eigenvalue weighted by Gasteiger charge is -2.22. The van der Waals surface area contributed by atoms with Crippen molar-refractivity contribution in [3.8, 4) is 0 Å². The van der Waals surface area contributed by atoms with Gasteiger partial charge in [0.25, 0.3) is 10.0 Å². The van der Waals surface area contributed by atoms with Crippen LogP contribution in [0.3, 0.4) is 0 Å². The second-order valence-electron chi connectivity index (χ2n) is 4.11. The minimum absolute atomic E-state index is 0.0408. The van der Waals surface area contributed by atoms with Gasteiger partial charge in [0.1, 0.15) is 5.25 Å². The molecule has 1 aromatic rings. The number of rotatable bonds is 4. The van der Waals surface area contributed by atoms with Gasteiger partial charge in [-0.3, -0.25) is 4.68 Å². The van der Waals surface area contributed by atoms with Crippen LogP contribution < -0.4 is 4.83 Å². The second-order valence-corrected chi connectivity index (χ2v) is 5.95. The van der Waals surface area contributed by atoms with Crippen LogP contribution in [0.25, 0.3) is 0 Å². The Balaban J connectivity index is 2.26. The molecular formula is C11H14N2O4S. The summed E-state index contributed by atoms with van der Waals surface area (Å²) >= 11 is 0. The number of carbonyl (C=O) groups is 1. The van der Waals surface area contributed by atoms with Crippen molar-refractivity contribution in [3.63, 3.8) is 0 Å². The van der Waals surface area contributed by atoms with Gasteiger partial charge in [-0.25, -0.2) is 18.0 Å². The first-order valence-electron chi connectivity index (χ1n) is 5.58. The Bertz CT molecular complexity index is 560. The number of hydrogen-bond donors (Lipinski definition) is 2. The van der Waals surface area contributed by atoms with Crippen molar-refractivity contribution < 1.29 is 18.3 Å². The number of allylic oxidation sites excluding steroid dienone is 1. The molecule has 18 heavy (non-hydrogen) atoms. The van der Waals surface area contributed by atoms with E-state index in [2.05, 4.69) is 4.83 Å². The van der Waals surface area contributed by atoms with Gasteiger partial charge >= 0.3 is 5.97 Å². The quantitative estimate of drug-likeness (QED) is 0.851. The summed E-state index contributed by atoms with van der Waals surface area (Å²) in [5.74, 6) is -1.17. The number of aromatic nitrogens is 1. The van der Waals surface area contributed by atoms with Crippen molar-refractivity contribution >= 4 is 16.0 Å². The predicted molar refractivity (Wildman–Crippen MR) is 66.1 cm³/mol. The molecule has 6 nitrogen and oxygen atoms in total. The van der Waals surface area contributed by atoms with Crippen LogP contribution in [0.2, 0.25) is 0 Å². The molecule has 0 radical (unpaired) electrons. The number of carboxylic acids is 1. The lowest BCUT2D eigenvalue weighted by Crippen LogP contribution is -2.37. The van der Waals surface area contributed by atoms with E-state index >= 15 is 0 Å². The van der Waals surface area contributed by atoms with E-state index in [1.165, 1.54) is 10.8 Å². The summed E-state index contributed by atoms with van der Waals surface area (Å²) < 4.78 is 25.6. The zero-order valence-corrected chi connectivity index (χ0v) is 10.4. The third-order valence-corrected chi connectivity index (χ3v) is 4.54. The summed E-state index contributed by atoms with van der Waals surface area (Å²) in [6, 6.07) is 3.36. The Kier molecular flexibility index (Phi) is 3.42.